The third-order valence-corrected chi connectivity index (χ3v) is 1.60. The highest BCUT2D eigenvalue weighted by molar-refractivity contribution is 4.87. The molecule has 0 aromatic heterocycles. The summed E-state index contributed by atoms with van der Waals surface area (Å²) in [6.07, 6.45) is 7.33. The van der Waals surface area contributed by atoms with Gasteiger partial charge in [0.15, 0.2) is 0 Å². The van der Waals surface area contributed by atoms with E-state index < -0.39 is 0 Å². The molecule has 0 atom stereocenters. The van der Waals surface area contributed by atoms with Crippen LogP contribution in [-0.2, 0) is 0 Å². The highest BCUT2D eigenvalue weighted by Gasteiger charge is 1.97. The summed E-state index contributed by atoms with van der Waals surface area (Å²) >= 11 is 0. The molecule has 0 fully saturated rings. The van der Waals surface area contributed by atoms with Gasteiger partial charge in [0.25, 0.3) is 0 Å². The van der Waals surface area contributed by atoms with Crippen molar-refractivity contribution >= 4 is 0 Å². The van der Waals surface area contributed by atoms with Crippen molar-refractivity contribution < 1.29 is 10.2 Å². The Morgan fingerprint density at radius 2 is 1.91 bits per heavy atom. The molecule has 2 N–H and O–H groups in total. The van der Waals surface area contributed by atoms with Gasteiger partial charge in [-0.3, -0.25) is 0 Å². The molecular formula is C9H18O2. The van der Waals surface area contributed by atoms with Crippen molar-refractivity contribution in [3.8, 4) is 0 Å². The summed E-state index contributed by atoms with van der Waals surface area (Å²) < 4.78 is 0. The Bertz CT molecular complexity index is 95.7. The normalized spacial score (nSPS) is 11.6. The average molecular weight is 158 g/mol. The molecule has 0 aromatic rings. The van der Waals surface area contributed by atoms with Crippen LogP contribution in [0, 0.1) is 5.92 Å². The highest BCUT2D eigenvalue weighted by atomic mass is 16.3. The monoisotopic (exact) mass is 158 g/mol. The molecule has 0 aliphatic carbocycles. The van der Waals surface area contributed by atoms with E-state index in [0.29, 0.717) is 0 Å². The van der Waals surface area contributed by atoms with Gasteiger partial charge in [-0.2, -0.15) is 0 Å². The third-order valence-electron chi connectivity index (χ3n) is 1.60. The number of hydrogen-bond donors (Lipinski definition) is 2. The predicted octanol–water partition coefficient (Wildman–Crippen LogP) is 1.33. The number of aliphatic hydroxyl groups is 2. The lowest BCUT2D eigenvalue weighted by atomic mass is 10.1. The number of hydrogen-bond acceptors (Lipinski definition) is 2. The Labute approximate surface area is 68.6 Å². The SMILES string of the molecule is CCCC/C=C/C(CO)CO. The molecule has 0 bridgehead atoms. The van der Waals surface area contributed by atoms with Gasteiger partial charge >= 0.3 is 0 Å². The maximum atomic E-state index is 8.67. The molecule has 2 heteroatoms. The van der Waals surface area contributed by atoms with Crippen molar-refractivity contribution in [3.05, 3.63) is 12.2 Å². The molecule has 2 nitrogen and oxygen atoms in total. The first kappa shape index (κ1) is 10.7. The van der Waals surface area contributed by atoms with Crippen LogP contribution in [0.3, 0.4) is 0 Å². The van der Waals surface area contributed by atoms with Crippen molar-refractivity contribution in [1.82, 2.24) is 0 Å². The third kappa shape index (κ3) is 6.07. The Morgan fingerprint density at radius 1 is 1.27 bits per heavy atom. The van der Waals surface area contributed by atoms with Gasteiger partial charge in [0.2, 0.25) is 0 Å². The second kappa shape index (κ2) is 7.76. The van der Waals surface area contributed by atoms with E-state index in [4.69, 9.17) is 10.2 Å². The van der Waals surface area contributed by atoms with Crippen LogP contribution >= 0.6 is 0 Å². The smallest absolute Gasteiger partial charge is 0.0515 e. The summed E-state index contributed by atoms with van der Waals surface area (Å²) in [6, 6.07) is 0. The lowest BCUT2D eigenvalue weighted by Gasteiger charge is -2.02. The summed E-state index contributed by atoms with van der Waals surface area (Å²) in [5.41, 5.74) is 0. The zero-order chi connectivity index (χ0) is 8.53. The lowest BCUT2D eigenvalue weighted by molar-refractivity contribution is 0.177. The molecular weight excluding hydrogens is 140 g/mol. The number of unbranched alkanes of at least 4 members (excludes halogenated alkanes) is 2. The highest BCUT2D eigenvalue weighted by Crippen LogP contribution is 2.00. The molecule has 0 heterocycles. The van der Waals surface area contributed by atoms with Gasteiger partial charge in [-0.15, -0.1) is 0 Å². The van der Waals surface area contributed by atoms with Gasteiger partial charge in [-0.05, 0) is 6.42 Å². The Hall–Kier alpha value is -0.340. The van der Waals surface area contributed by atoms with E-state index in [1.807, 2.05) is 12.2 Å². The van der Waals surface area contributed by atoms with Gasteiger partial charge in [0, 0.05) is 5.92 Å². The number of rotatable bonds is 6. The van der Waals surface area contributed by atoms with Crippen LogP contribution in [-0.4, -0.2) is 23.4 Å². The summed E-state index contributed by atoms with van der Waals surface area (Å²) in [7, 11) is 0. The molecule has 11 heavy (non-hydrogen) atoms. The fraction of sp³-hybridized carbons (Fsp3) is 0.778. The topological polar surface area (TPSA) is 40.5 Å². The summed E-state index contributed by atoms with van der Waals surface area (Å²) in [5, 5.41) is 17.3. The van der Waals surface area contributed by atoms with E-state index in [2.05, 4.69) is 6.92 Å². The Morgan fingerprint density at radius 3 is 2.36 bits per heavy atom. The van der Waals surface area contributed by atoms with Crippen LogP contribution in [0.5, 0.6) is 0 Å². The molecule has 0 aliphatic heterocycles. The van der Waals surface area contributed by atoms with Gasteiger partial charge < -0.3 is 10.2 Å². The van der Waals surface area contributed by atoms with Gasteiger partial charge in [-0.25, -0.2) is 0 Å². The molecule has 0 radical (unpaired) electrons. The van der Waals surface area contributed by atoms with Crippen LogP contribution in [0.25, 0.3) is 0 Å². The first-order chi connectivity index (χ1) is 5.35. The molecule has 0 aliphatic rings. The maximum Gasteiger partial charge on any atom is 0.0515 e. The van der Waals surface area contributed by atoms with Crippen LogP contribution < -0.4 is 0 Å². The average Bonchev–Trinajstić information content (AvgIpc) is 2.05. The van der Waals surface area contributed by atoms with Crippen molar-refractivity contribution in [3.63, 3.8) is 0 Å². The molecule has 0 saturated heterocycles. The minimum absolute atomic E-state index is 0.0408. The lowest BCUT2D eigenvalue weighted by Crippen LogP contribution is -2.06. The van der Waals surface area contributed by atoms with E-state index in [1.54, 1.807) is 0 Å². The fourth-order valence-corrected chi connectivity index (χ4v) is 0.790. The molecule has 0 amide bonds. The quantitative estimate of drug-likeness (QED) is 0.452. The van der Waals surface area contributed by atoms with E-state index in [1.165, 1.54) is 12.8 Å². The maximum absolute atomic E-state index is 8.67. The summed E-state index contributed by atoms with van der Waals surface area (Å²) in [5.74, 6) is -0.0631. The van der Waals surface area contributed by atoms with E-state index >= 15 is 0 Å². The van der Waals surface area contributed by atoms with Crippen LogP contribution in [0.2, 0.25) is 0 Å². The molecule has 0 unspecified atom stereocenters. The molecule has 0 saturated carbocycles. The first-order valence-electron chi connectivity index (χ1n) is 4.23. The Balaban J connectivity index is 3.36. The summed E-state index contributed by atoms with van der Waals surface area (Å²) in [4.78, 5) is 0. The van der Waals surface area contributed by atoms with Crippen LogP contribution in [0.4, 0.5) is 0 Å². The minimum atomic E-state index is -0.0631. The summed E-state index contributed by atoms with van der Waals surface area (Å²) in [6.45, 7) is 2.22. The van der Waals surface area contributed by atoms with Crippen LogP contribution in [0.15, 0.2) is 12.2 Å². The zero-order valence-corrected chi connectivity index (χ0v) is 7.16. The minimum Gasteiger partial charge on any atom is -0.396 e. The second-order valence-corrected chi connectivity index (χ2v) is 2.70. The van der Waals surface area contributed by atoms with Gasteiger partial charge in [0.05, 0.1) is 13.2 Å². The van der Waals surface area contributed by atoms with E-state index in [-0.39, 0.29) is 19.1 Å². The van der Waals surface area contributed by atoms with Crippen LogP contribution in [0.1, 0.15) is 26.2 Å². The molecule has 66 valence electrons. The standard InChI is InChI=1S/C9H18O2/c1-2-3-4-5-6-9(7-10)8-11/h5-6,9-11H,2-4,7-8H2,1H3/b6-5+. The molecule has 0 aromatic carbocycles. The van der Waals surface area contributed by atoms with Gasteiger partial charge in [-0.1, -0.05) is 31.9 Å². The van der Waals surface area contributed by atoms with Crippen molar-refractivity contribution in [2.75, 3.05) is 13.2 Å². The predicted molar refractivity (Wildman–Crippen MR) is 46.3 cm³/mol. The number of allylic oxidation sites excluding steroid dienone is 1. The first-order valence-corrected chi connectivity index (χ1v) is 4.23. The van der Waals surface area contributed by atoms with E-state index in [0.717, 1.165) is 6.42 Å². The largest absolute Gasteiger partial charge is 0.396 e. The van der Waals surface area contributed by atoms with E-state index in [9.17, 15) is 0 Å². The second-order valence-electron chi connectivity index (χ2n) is 2.70. The van der Waals surface area contributed by atoms with Crippen molar-refractivity contribution in [1.29, 1.82) is 0 Å². The fourth-order valence-electron chi connectivity index (χ4n) is 0.790. The molecule has 0 spiro atoms. The Kier molecular flexibility index (Phi) is 7.52. The number of aliphatic hydroxyl groups excluding tert-OH is 2. The van der Waals surface area contributed by atoms with Gasteiger partial charge in [0.1, 0.15) is 0 Å². The molecule has 0 rings (SSSR count). The zero-order valence-electron chi connectivity index (χ0n) is 7.16. The van der Waals surface area contributed by atoms with Crippen molar-refractivity contribution in [2.45, 2.75) is 26.2 Å². The van der Waals surface area contributed by atoms with Crippen molar-refractivity contribution in [2.24, 2.45) is 5.92 Å².